The number of nitrogens with zero attached hydrogens (tertiary/aromatic N) is 2. The third-order valence-electron chi connectivity index (χ3n) is 7.60. The Morgan fingerprint density at radius 2 is 1.97 bits per heavy atom. The summed E-state index contributed by atoms with van der Waals surface area (Å²) in [5.74, 6) is 0.235. The number of nitrogens with two attached hydrogens (primary N) is 1. The number of aromatic nitrogens is 1. The molecule has 4 atom stereocenters. The van der Waals surface area contributed by atoms with E-state index in [1.807, 2.05) is 30.2 Å². The zero-order chi connectivity index (χ0) is 24.9. The fourth-order valence-corrected chi connectivity index (χ4v) is 5.53. The standard InChI is InChI=1S/C27H39N5O3.2ClH/c1-19-31(16-17-32(19)20(2)35-27(34)29-15-9-5-4-8-14-28)18-21-12-13-24-25(26(21)33)22-10-6-7-11-23(22)30(24)3;;/h6-7,10-11,16-17,19-21H,4-5,8-9,12-15,18,28H2,1-3H3,(H,29,34);2*1H. The first kappa shape index (κ1) is 31.0. The summed E-state index contributed by atoms with van der Waals surface area (Å²) in [7, 11) is 2.06. The third kappa shape index (κ3) is 6.79. The van der Waals surface area contributed by atoms with E-state index in [1.165, 1.54) is 4.90 Å². The van der Waals surface area contributed by atoms with Crippen LogP contribution in [-0.2, 0) is 18.2 Å². The predicted molar refractivity (Wildman–Crippen MR) is 144 cm³/mol. The number of rotatable bonds is 10. The highest BCUT2D eigenvalue weighted by Gasteiger charge is 2.38. The fraction of sp³-hybridized carbons (Fsp3) is 0.556. The summed E-state index contributed by atoms with van der Waals surface area (Å²) >= 11 is 0. The van der Waals surface area contributed by atoms with Crippen LogP contribution in [-0.4, -0.2) is 53.4 Å². The van der Waals surface area contributed by atoms with Crippen molar-refractivity contribution in [1.82, 2.24) is 14.8 Å². The largest absolute Gasteiger partial charge is 1.00 e. The lowest BCUT2D eigenvalue weighted by atomic mass is 9.84. The van der Waals surface area contributed by atoms with Gasteiger partial charge in [-0.25, -0.2) is 4.79 Å². The molecule has 1 aromatic heterocycles. The number of alkyl carbamates (subject to hydrolysis) is 1. The number of para-hydroxylation sites is 1. The number of ether oxygens (including phenoxy) is 1. The van der Waals surface area contributed by atoms with E-state index in [2.05, 4.69) is 42.2 Å². The fourth-order valence-electron chi connectivity index (χ4n) is 5.53. The lowest BCUT2D eigenvalue weighted by molar-refractivity contribution is -0.879. The maximum absolute atomic E-state index is 13.5. The number of ketones is 1. The van der Waals surface area contributed by atoms with Crippen LogP contribution in [0, 0.1) is 5.92 Å². The molecular weight excluding hydrogens is 513 g/mol. The van der Waals surface area contributed by atoms with Crippen LogP contribution in [0.1, 0.15) is 62.0 Å². The topological polar surface area (TPSA) is 94.0 Å². The Hall–Kier alpha value is -2.26. The highest BCUT2D eigenvalue weighted by Crippen LogP contribution is 2.33. The number of carbonyl (C=O) groups is 2. The van der Waals surface area contributed by atoms with E-state index in [4.69, 9.17) is 10.5 Å². The number of quaternary nitrogens is 1. The quantitative estimate of drug-likeness (QED) is 0.359. The molecular formula is C27H41Cl2N5O3. The zero-order valence-corrected chi connectivity index (χ0v) is 23.6. The molecule has 0 spiro atoms. The van der Waals surface area contributed by atoms with Gasteiger partial charge in [-0.1, -0.05) is 31.0 Å². The van der Waals surface area contributed by atoms with Crippen molar-refractivity contribution in [3.8, 4) is 0 Å². The molecule has 1 amide bonds. The van der Waals surface area contributed by atoms with Crippen molar-refractivity contribution in [2.24, 2.45) is 18.7 Å². The van der Waals surface area contributed by atoms with E-state index in [0.29, 0.717) is 13.1 Å². The summed E-state index contributed by atoms with van der Waals surface area (Å²) in [6.07, 6.45) is 9.24. The molecule has 4 rings (SSSR count). The molecule has 0 bridgehead atoms. The van der Waals surface area contributed by atoms with Gasteiger partial charge in [0.15, 0.2) is 18.2 Å². The maximum atomic E-state index is 13.5. The van der Waals surface area contributed by atoms with Crippen LogP contribution in [0.4, 0.5) is 4.79 Å². The van der Waals surface area contributed by atoms with Gasteiger partial charge in [-0.15, -0.1) is 12.4 Å². The molecule has 0 fully saturated rings. The number of nitrogens with one attached hydrogen (secondary N) is 2. The van der Waals surface area contributed by atoms with Gasteiger partial charge < -0.3 is 32.8 Å². The molecule has 2 heterocycles. The molecule has 1 aromatic carbocycles. The smallest absolute Gasteiger partial charge is 0.409 e. The summed E-state index contributed by atoms with van der Waals surface area (Å²) in [5, 5.41) is 3.90. The molecule has 1 aliphatic heterocycles. The number of amides is 1. The Morgan fingerprint density at radius 3 is 2.73 bits per heavy atom. The minimum Gasteiger partial charge on any atom is -1.00 e. The summed E-state index contributed by atoms with van der Waals surface area (Å²) in [4.78, 5) is 29.0. The maximum Gasteiger partial charge on any atom is 0.409 e. The van der Waals surface area contributed by atoms with Gasteiger partial charge in [-0.05, 0) is 45.2 Å². The average molecular weight is 555 g/mol. The van der Waals surface area contributed by atoms with Gasteiger partial charge in [0, 0.05) is 42.7 Å². The number of carbonyl (C=O) groups excluding carboxylic acids is 2. The number of Topliss-reactive ketones (excluding diaryl/α,β-unsaturated/α-hetero) is 1. The van der Waals surface area contributed by atoms with Crippen LogP contribution in [0.3, 0.4) is 0 Å². The summed E-state index contributed by atoms with van der Waals surface area (Å²) < 4.78 is 7.79. The van der Waals surface area contributed by atoms with Crippen molar-refractivity contribution in [2.75, 3.05) is 19.6 Å². The molecule has 4 unspecified atom stereocenters. The van der Waals surface area contributed by atoms with Crippen LogP contribution in [0.25, 0.3) is 10.9 Å². The summed E-state index contributed by atoms with van der Waals surface area (Å²) in [5.41, 5.74) is 8.69. The minimum atomic E-state index is -0.392. The zero-order valence-electron chi connectivity index (χ0n) is 22.0. The van der Waals surface area contributed by atoms with E-state index in [1.54, 1.807) is 0 Å². The highest BCUT2D eigenvalue weighted by atomic mass is 35.5. The van der Waals surface area contributed by atoms with Gasteiger partial charge in [0.25, 0.3) is 0 Å². The lowest BCUT2D eigenvalue weighted by Gasteiger charge is -2.31. The van der Waals surface area contributed by atoms with Gasteiger partial charge in [-0.3, -0.25) is 14.6 Å². The molecule has 206 valence electrons. The van der Waals surface area contributed by atoms with E-state index in [9.17, 15) is 9.59 Å². The number of halogens is 2. The molecule has 37 heavy (non-hydrogen) atoms. The first-order valence-electron chi connectivity index (χ1n) is 13.0. The van der Waals surface area contributed by atoms with Crippen LogP contribution in [0.15, 0.2) is 36.7 Å². The van der Waals surface area contributed by atoms with Crippen molar-refractivity contribution in [2.45, 2.75) is 64.8 Å². The molecule has 0 saturated heterocycles. The Morgan fingerprint density at radius 1 is 1.24 bits per heavy atom. The van der Waals surface area contributed by atoms with E-state index in [-0.39, 0.29) is 48.9 Å². The normalized spacial score (nSPS) is 21.2. The Labute approximate surface area is 232 Å². The number of hydrogen-bond donors (Lipinski definition) is 3. The first-order valence-corrected chi connectivity index (χ1v) is 13.0. The van der Waals surface area contributed by atoms with Crippen molar-refractivity contribution < 1.29 is 31.6 Å². The van der Waals surface area contributed by atoms with Crippen molar-refractivity contribution in [3.63, 3.8) is 0 Å². The second-order valence-electron chi connectivity index (χ2n) is 9.85. The number of unbranched alkanes of at least 4 members (excludes halogenated alkanes) is 3. The van der Waals surface area contributed by atoms with Crippen LogP contribution in [0.2, 0.25) is 0 Å². The molecule has 2 aromatic rings. The van der Waals surface area contributed by atoms with E-state index >= 15 is 0 Å². The first-order chi connectivity index (χ1) is 16.9. The monoisotopic (exact) mass is 553 g/mol. The Kier molecular flexibility index (Phi) is 11.8. The summed E-state index contributed by atoms with van der Waals surface area (Å²) in [6, 6.07) is 8.18. The Bertz CT molecular complexity index is 1090. The number of fused-ring (bicyclic) bond motifs is 3. The highest BCUT2D eigenvalue weighted by molar-refractivity contribution is 6.11. The molecule has 0 saturated carbocycles. The van der Waals surface area contributed by atoms with Crippen LogP contribution < -0.4 is 28.4 Å². The van der Waals surface area contributed by atoms with Gasteiger partial charge in [0.2, 0.25) is 0 Å². The number of benzene rings is 1. The van der Waals surface area contributed by atoms with Crippen molar-refractivity contribution in [3.05, 3.63) is 47.9 Å². The van der Waals surface area contributed by atoms with Crippen molar-refractivity contribution >= 4 is 35.2 Å². The summed E-state index contributed by atoms with van der Waals surface area (Å²) in [6.45, 7) is 6.06. The van der Waals surface area contributed by atoms with E-state index < -0.39 is 6.09 Å². The van der Waals surface area contributed by atoms with Crippen LogP contribution >= 0.6 is 12.4 Å². The molecule has 4 N–H and O–H groups in total. The molecule has 8 nitrogen and oxygen atoms in total. The van der Waals surface area contributed by atoms with Gasteiger partial charge in [0.05, 0.1) is 18.7 Å². The average Bonchev–Trinajstić information content (AvgIpc) is 3.35. The predicted octanol–water partition coefficient (Wildman–Crippen LogP) is -0.0418. The molecule has 10 heteroatoms. The van der Waals surface area contributed by atoms with Crippen LogP contribution in [0.5, 0.6) is 0 Å². The van der Waals surface area contributed by atoms with E-state index in [0.717, 1.165) is 67.2 Å². The second-order valence-corrected chi connectivity index (χ2v) is 9.85. The molecule has 2 aliphatic rings. The number of aryl methyl sites for hydroxylation is 1. The lowest BCUT2D eigenvalue weighted by Crippen LogP contribution is -3.12. The SMILES string of the molecule is CC(OC(=O)NCCCCCCN)N1C=C[NH+](CC2CCc3c(c4ccccc4n3C)C2=O)C1C.Cl.[Cl-]. The van der Waals surface area contributed by atoms with Gasteiger partial charge >= 0.3 is 6.09 Å². The van der Waals surface area contributed by atoms with Gasteiger partial charge in [-0.2, -0.15) is 0 Å². The van der Waals surface area contributed by atoms with Crippen molar-refractivity contribution in [1.29, 1.82) is 0 Å². The Balaban J connectivity index is 0.00000241. The molecule has 0 radical (unpaired) electrons. The third-order valence-corrected chi connectivity index (χ3v) is 7.60. The minimum absolute atomic E-state index is 0. The van der Waals surface area contributed by atoms with Gasteiger partial charge in [0.1, 0.15) is 6.20 Å². The second kappa shape index (κ2) is 14.0. The molecule has 1 aliphatic carbocycles. The number of hydrogen-bond acceptors (Lipinski definition) is 5.